The number of rotatable bonds is 5. The van der Waals surface area contributed by atoms with Crippen LogP contribution in [-0.4, -0.2) is 37.4 Å². The standard InChI is InChI=1S/C21H19N7O/c1-3-23-21(29)17-6-5-14(10-15(17)11-22)20-25-19(28(2)27-20)9-13-4-7-18-16(8-13)12-24-26-18/h4-8,10,12H,3,9H2,1-2H3,(H,23,29)(H,24,26). The fourth-order valence-electron chi connectivity index (χ4n) is 3.21. The minimum absolute atomic E-state index is 0.264. The first-order chi connectivity index (χ1) is 14.1. The molecule has 0 bridgehead atoms. The lowest BCUT2D eigenvalue weighted by Crippen LogP contribution is -2.23. The Hall–Kier alpha value is -3.99. The van der Waals surface area contributed by atoms with E-state index in [2.05, 4.69) is 37.7 Å². The zero-order chi connectivity index (χ0) is 20.4. The van der Waals surface area contributed by atoms with Crippen LogP contribution in [0.25, 0.3) is 22.3 Å². The molecule has 0 radical (unpaired) electrons. The maximum absolute atomic E-state index is 12.1. The van der Waals surface area contributed by atoms with Crippen molar-refractivity contribution in [2.45, 2.75) is 13.3 Å². The molecule has 0 saturated carbocycles. The van der Waals surface area contributed by atoms with E-state index in [1.807, 2.05) is 26.1 Å². The minimum Gasteiger partial charge on any atom is -0.352 e. The van der Waals surface area contributed by atoms with Crippen molar-refractivity contribution >= 4 is 16.8 Å². The highest BCUT2D eigenvalue weighted by Gasteiger charge is 2.15. The highest BCUT2D eigenvalue weighted by molar-refractivity contribution is 5.97. The molecule has 2 aromatic heterocycles. The molecule has 8 nitrogen and oxygen atoms in total. The van der Waals surface area contributed by atoms with Gasteiger partial charge in [0.2, 0.25) is 0 Å². The van der Waals surface area contributed by atoms with Gasteiger partial charge in [0.1, 0.15) is 5.82 Å². The average Bonchev–Trinajstić information content (AvgIpc) is 3.34. The van der Waals surface area contributed by atoms with Crippen molar-refractivity contribution < 1.29 is 4.79 Å². The molecule has 8 heteroatoms. The summed E-state index contributed by atoms with van der Waals surface area (Å²) in [5.41, 5.74) is 3.44. The summed E-state index contributed by atoms with van der Waals surface area (Å²) in [6.07, 6.45) is 2.41. The van der Waals surface area contributed by atoms with Crippen LogP contribution in [0, 0.1) is 11.3 Å². The molecule has 0 aliphatic carbocycles. The number of carbonyl (C=O) groups excluding carboxylic acids is 1. The van der Waals surface area contributed by atoms with Crippen LogP contribution >= 0.6 is 0 Å². The quantitative estimate of drug-likeness (QED) is 0.548. The maximum atomic E-state index is 12.1. The van der Waals surface area contributed by atoms with Crippen LogP contribution in [0.4, 0.5) is 0 Å². The van der Waals surface area contributed by atoms with Gasteiger partial charge >= 0.3 is 0 Å². The number of carbonyl (C=O) groups is 1. The smallest absolute Gasteiger partial charge is 0.252 e. The second-order valence-corrected chi connectivity index (χ2v) is 6.68. The molecule has 4 aromatic rings. The number of nitrogens with zero attached hydrogens (tertiary/aromatic N) is 5. The first-order valence-corrected chi connectivity index (χ1v) is 9.23. The third-order valence-corrected chi connectivity index (χ3v) is 4.70. The second kappa shape index (κ2) is 7.56. The fourth-order valence-corrected chi connectivity index (χ4v) is 3.21. The number of aryl methyl sites for hydroxylation is 1. The van der Waals surface area contributed by atoms with Crippen LogP contribution in [0.1, 0.15) is 34.2 Å². The molecule has 144 valence electrons. The van der Waals surface area contributed by atoms with E-state index in [0.29, 0.717) is 35.5 Å². The van der Waals surface area contributed by atoms with Crippen molar-refractivity contribution in [3.63, 3.8) is 0 Å². The first-order valence-electron chi connectivity index (χ1n) is 9.23. The maximum Gasteiger partial charge on any atom is 0.252 e. The van der Waals surface area contributed by atoms with E-state index in [-0.39, 0.29) is 5.91 Å². The summed E-state index contributed by atoms with van der Waals surface area (Å²) in [5.74, 6) is 1.06. The molecule has 0 spiro atoms. The van der Waals surface area contributed by atoms with Crippen molar-refractivity contribution in [3.05, 3.63) is 65.1 Å². The van der Waals surface area contributed by atoms with Crippen LogP contribution < -0.4 is 5.32 Å². The molecule has 2 aromatic carbocycles. The summed E-state index contributed by atoms with van der Waals surface area (Å²) in [5, 5.41) is 24.7. The Morgan fingerprint density at radius 2 is 2.14 bits per heavy atom. The predicted octanol–water partition coefficient (Wildman–Crippen LogP) is 2.57. The molecule has 0 saturated heterocycles. The van der Waals surface area contributed by atoms with Gasteiger partial charge in [-0.1, -0.05) is 12.1 Å². The van der Waals surface area contributed by atoms with E-state index in [4.69, 9.17) is 0 Å². The molecule has 2 heterocycles. The molecule has 0 aliphatic heterocycles. The highest BCUT2D eigenvalue weighted by Crippen LogP contribution is 2.21. The largest absolute Gasteiger partial charge is 0.352 e. The Kier molecular flexibility index (Phi) is 4.79. The van der Waals surface area contributed by atoms with E-state index >= 15 is 0 Å². The molecule has 0 aliphatic rings. The summed E-state index contributed by atoms with van der Waals surface area (Å²) < 4.78 is 1.73. The number of fused-ring (bicyclic) bond motifs is 1. The topological polar surface area (TPSA) is 112 Å². The van der Waals surface area contributed by atoms with Gasteiger partial charge in [-0.15, -0.1) is 0 Å². The zero-order valence-corrected chi connectivity index (χ0v) is 16.1. The van der Waals surface area contributed by atoms with E-state index in [9.17, 15) is 10.1 Å². The second-order valence-electron chi connectivity index (χ2n) is 6.68. The van der Waals surface area contributed by atoms with Gasteiger partial charge in [0, 0.05) is 31.0 Å². The number of H-pyrrole nitrogens is 1. The molecular formula is C21H19N7O. The Labute approximate surface area is 167 Å². The number of nitrogens with one attached hydrogen (secondary N) is 2. The third-order valence-electron chi connectivity index (χ3n) is 4.70. The number of benzene rings is 2. The first kappa shape index (κ1) is 18.4. The lowest BCUT2D eigenvalue weighted by Gasteiger charge is -2.05. The Morgan fingerprint density at radius 1 is 1.28 bits per heavy atom. The summed E-state index contributed by atoms with van der Waals surface area (Å²) in [4.78, 5) is 16.8. The monoisotopic (exact) mass is 385 g/mol. The van der Waals surface area contributed by atoms with Gasteiger partial charge in [-0.05, 0) is 36.8 Å². The summed E-state index contributed by atoms with van der Waals surface area (Å²) >= 11 is 0. The third kappa shape index (κ3) is 3.58. The van der Waals surface area contributed by atoms with Gasteiger partial charge in [0.05, 0.1) is 28.9 Å². The Morgan fingerprint density at radius 3 is 2.93 bits per heavy atom. The van der Waals surface area contributed by atoms with Gasteiger partial charge in [0.15, 0.2) is 5.82 Å². The van der Waals surface area contributed by atoms with Gasteiger partial charge in [-0.2, -0.15) is 15.5 Å². The number of nitriles is 1. The Bertz CT molecular complexity index is 1250. The molecule has 1 amide bonds. The van der Waals surface area contributed by atoms with Gasteiger partial charge < -0.3 is 5.32 Å². The number of aromatic nitrogens is 5. The van der Waals surface area contributed by atoms with Crippen LogP contribution in [0.2, 0.25) is 0 Å². The van der Waals surface area contributed by atoms with Crippen LogP contribution in [0.3, 0.4) is 0 Å². The lowest BCUT2D eigenvalue weighted by atomic mass is 10.0. The number of aromatic amines is 1. The van der Waals surface area contributed by atoms with Crippen molar-refractivity contribution in [2.24, 2.45) is 7.05 Å². The summed E-state index contributed by atoms with van der Waals surface area (Å²) in [6.45, 7) is 2.34. The van der Waals surface area contributed by atoms with Crippen LogP contribution in [-0.2, 0) is 13.5 Å². The van der Waals surface area contributed by atoms with E-state index in [1.165, 1.54) is 0 Å². The Balaban J connectivity index is 1.63. The molecule has 0 fully saturated rings. The predicted molar refractivity (Wildman–Crippen MR) is 108 cm³/mol. The van der Waals surface area contributed by atoms with Crippen molar-refractivity contribution in [3.8, 4) is 17.5 Å². The SMILES string of the molecule is CCNC(=O)c1ccc(-c2nc(Cc3ccc4[nH]ncc4c3)n(C)n2)cc1C#N. The summed E-state index contributed by atoms with van der Waals surface area (Å²) in [6, 6.07) is 13.2. The number of hydrogen-bond acceptors (Lipinski definition) is 5. The number of hydrogen-bond donors (Lipinski definition) is 2. The minimum atomic E-state index is -0.264. The molecule has 0 atom stereocenters. The highest BCUT2D eigenvalue weighted by atomic mass is 16.1. The zero-order valence-electron chi connectivity index (χ0n) is 16.1. The normalized spacial score (nSPS) is 10.8. The van der Waals surface area contributed by atoms with E-state index < -0.39 is 0 Å². The van der Waals surface area contributed by atoms with Crippen molar-refractivity contribution in [1.29, 1.82) is 5.26 Å². The van der Waals surface area contributed by atoms with E-state index in [0.717, 1.165) is 22.3 Å². The fraction of sp³-hybridized carbons (Fsp3) is 0.190. The average molecular weight is 385 g/mol. The number of amides is 1. The summed E-state index contributed by atoms with van der Waals surface area (Å²) in [7, 11) is 1.84. The van der Waals surface area contributed by atoms with Crippen LogP contribution in [0.5, 0.6) is 0 Å². The van der Waals surface area contributed by atoms with Gasteiger partial charge in [-0.25, -0.2) is 4.98 Å². The van der Waals surface area contributed by atoms with Gasteiger partial charge in [0.25, 0.3) is 5.91 Å². The molecule has 0 unspecified atom stereocenters. The van der Waals surface area contributed by atoms with Crippen LogP contribution in [0.15, 0.2) is 42.6 Å². The molecular weight excluding hydrogens is 366 g/mol. The van der Waals surface area contributed by atoms with Gasteiger partial charge in [-0.3, -0.25) is 14.6 Å². The molecule has 2 N–H and O–H groups in total. The molecule has 4 rings (SSSR count). The van der Waals surface area contributed by atoms with Crippen molar-refractivity contribution in [2.75, 3.05) is 6.54 Å². The van der Waals surface area contributed by atoms with Crippen molar-refractivity contribution in [1.82, 2.24) is 30.3 Å². The lowest BCUT2D eigenvalue weighted by molar-refractivity contribution is 0.0955. The van der Waals surface area contributed by atoms with E-state index in [1.54, 1.807) is 29.1 Å². The molecule has 29 heavy (non-hydrogen) atoms.